The number of hydrogen-bond donors (Lipinski definition) is 4. The molecule has 1 aliphatic carbocycles. The van der Waals surface area contributed by atoms with Crippen molar-refractivity contribution in [3.05, 3.63) is 29.8 Å². The summed E-state index contributed by atoms with van der Waals surface area (Å²) < 4.78 is 67.8. The molecule has 2 fully saturated rings. The van der Waals surface area contributed by atoms with Crippen LogP contribution in [0.15, 0.2) is 29.2 Å². The first-order valence-corrected chi connectivity index (χ1v) is 15.0. The highest BCUT2D eigenvalue weighted by atomic mass is 32.2. The van der Waals surface area contributed by atoms with E-state index in [1.165, 1.54) is 4.90 Å². The van der Waals surface area contributed by atoms with Crippen molar-refractivity contribution >= 4 is 27.7 Å². The second-order valence-corrected chi connectivity index (χ2v) is 12.3. The van der Waals surface area contributed by atoms with Gasteiger partial charge in [-0.1, -0.05) is 38.2 Å². The van der Waals surface area contributed by atoms with Crippen LogP contribution in [0.1, 0.15) is 63.9 Å². The summed E-state index contributed by atoms with van der Waals surface area (Å²) >= 11 is 0. The van der Waals surface area contributed by atoms with Crippen molar-refractivity contribution in [2.45, 2.75) is 93.5 Å². The molecule has 1 aliphatic heterocycles. The van der Waals surface area contributed by atoms with Gasteiger partial charge >= 0.3 is 6.18 Å². The van der Waals surface area contributed by atoms with E-state index in [1.807, 2.05) is 0 Å². The Morgan fingerprint density at radius 1 is 1.12 bits per heavy atom. The molecule has 3 rings (SSSR count). The summed E-state index contributed by atoms with van der Waals surface area (Å²) in [6.45, 7) is 1.64. The number of rotatable bonds is 10. The van der Waals surface area contributed by atoms with Crippen LogP contribution in [-0.2, 0) is 30.6 Å². The number of alkyl halides is 3. The summed E-state index contributed by atoms with van der Waals surface area (Å²) in [5, 5.41) is 5.51. The Balaban J connectivity index is 1.80. The number of benzene rings is 1. The fourth-order valence-electron chi connectivity index (χ4n) is 5.35. The molecule has 0 unspecified atom stereocenters. The Kier molecular flexibility index (Phi) is 10.6. The number of nitrogens with one attached hydrogen (secondary N) is 3. The average Bonchev–Trinajstić information content (AvgIpc) is 2.91. The molecule has 1 saturated heterocycles. The monoisotopic (exact) mass is 589 g/mol. The van der Waals surface area contributed by atoms with Gasteiger partial charge in [-0.25, -0.2) is 13.1 Å². The molecule has 10 nitrogen and oxygen atoms in total. The lowest BCUT2D eigenvalue weighted by Crippen LogP contribution is -2.61. The number of carbonyl (C=O) groups excluding carboxylic acids is 3. The first-order chi connectivity index (χ1) is 18.7. The van der Waals surface area contributed by atoms with Gasteiger partial charge in [0.1, 0.15) is 12.1 Å². The Hall–Kier alpha value is -2.71. The van der Waals surface area contributed by atoms with E-state index in [-0.39, 0.29) is 31.2 Å². The summed E-state index contributed by atoms with van der Waals surface area (Å²) in [6.07, 6.45) is 0.672. The molecule has 1 heterocycles. The van der Waals surface area contributed by atoms with Gasteiger partial charge in [-0.15, -0.1) is 0 Å². The van der Waals surface area contributed by atoms with E-state index in [0.717, 1.165) is 50.3 Å². The summed E-state index contributed by atoms with van der Waals surface area (Å²) in [6, 6.07) is -0.187. The van der Waals surface area contributed by atoms with E-state index in [2.05, 4.69) is 15.4 Å². The van der Waals surface area contributed by atoms with E-state index in [4.69, 9.17) is 5.73 Å². The zero-order chi connectivity index (χ0) is 29.7. The Morgan fingerprint density at radius 2 is 1.80 bits per heavy atom. The fourth-order valence-corrected chi connectivity index (χ4v) is 6.68. The van der Waals surface area contributed by atoms with E-state index in [1.54, 1.807) is 14.0 Å². The molecule has 4 atom stereocenters. The third kappa shape index (κ3) is 8.16. The molecule has 1 aromatic rings. The van der Waals surface area contributed by atoms with Gasteiger partial charge in [0, 0.05) is 12.6 Å². The minimum Gasteiger partial charge on any atom is -0.368 e. The van der Waals surface area contributed by atoms with Crippen LogP contribution >= 0.6 is 0 Å². The summed E-state index contributed by atoms with van der Waals surface area (Å²) in [5.74, 6) is -1.49. The van der Waals surface area contributed by atoms with E-state index in [9.17, 15) is 36.0 Å². The molecule has 1 aromatic carbocycles. The van der Waals surface area contributed by atoms with Gasteiger partial charge in [-0.2, -0.15) is 13.2 Å². The molecule has 0 aromatic heterocycles. The molecule has 3 amide bonds. The van der Waals surface area contributed by atoms with Gasteiger partial charge in [-0.05, 0) is 57.4 Å². The van der Waals surface area contributed by atoms with Crippen LogP contribution in [0.2, 0.25) is 0 Å². The lowest BCUT2D eigenvalue weighted by Gasteiger charge is -2.40. The van der Waals surface area contributed by atoms with Crippen LogP contribution in [0.25, 0.3) is 0 Å². The molecule has 14 heteroatoms. The highest BCUT2D eigenvalue weighted by Gasteiger charge is 2.40. The normalized spacial score (nSPS) is 22.4. The number of carbonyl (C=O) groups is 3. The van der Waals surface area contributed by atoms with Gasteiger partial charge in [0.2, 0.25) is 27.7 Å². The summed E-state index contributed by atoms with van der Waals surface area (Å²) in [5.41, 5.74) is 4.49. The van der Waals surface area contributed by atoms with E-state index in [0.29, 0.717) is 12.5 Å². The predicted octanol–water partition coefficient (Wildman–Crippen LogP) is 1.89. The highest BCUT2D eigenvalue weighted by Crippen LogP contribution is 2.31. The second-order valence-electron chi connectivity index (χ2n) is 10.6. The zero-order valence-corrected chi connectivity index (χ0v) is 23.5. The number of piperidine rings is 1. The number of primary amides is 1. The first-order valence-electron chi connectivity index (χ1n) is 13.5. The minimum atomic E-state index is -4.72. The molecule has 1 saturated carbocycles. The van der Waals surface area contributed by atoms with Crippen LogP contribution < -0.4 is 21.1 Å². The molecule has 40 heavy (non-hydrogen) atoms. The van der Waals surface area contributed by atoms with Gasteiger partial charge in [0.15, 0.2) is 0 Å². The molecule has 224 valence electrons. The van der Waals surface area contributed by atoms with Crippen molar-refractivity contribution in [1.29, 1.82) is 0 Å². The number of nitrogens with two attached hydrogens (primary N) is 1. The van der Waals surface area contributed by atoms with Gasteiger partial charge in [0.05, 0.1) is 16.5 Å². The number of nitrogens with zero attached hydrogens (tertiary/aromatic N) is 1. The molecule has 0 spiro atoms. The summed E-state index contributed by atoms with van der Waals surface area (Å²) in [7, 11) is -2.79. The lowest BCUT2D eigenvalue weighted by atomic mass is 9.84. The third-order valence-corrected chi connectivity index (χ3v) is 9.26. The maximum Gasteiger partial charge on any atom is 0.416 e. The smallest absolute Gasteiger partial charge is 0.368 e. The van der Waals surface area contributed by atoms with Crippen LogP contribution in [0.5, 0.6) is 0 Å². The van der Waals surface area contributed by atoms with Crippen molar-refractivity contribution in [1.82, 2.24) is 20.3 Å². The van der Waals surface area contributed by atoms with Gasteiger partial charge in [-0.3, -0.25) is 14.4 Å². The number of amides is 3. The number of halogens is 3. The molecular weight excluding hydrogens is 551 g/mol. The van der Waals surface area contributed by atoms with Crippen molar-refractivity contribution < 1.29 is 36.0 Å². The Bertz CT molecular complexity index is 1170. The van der Waals surface area contributed by atoms with Crippen molar-refractivity contribution in [3.8, 4) is 0 Å². The van der Waals surface area contributed by atoms with E-state index >= 15 is 0 Å². The van der Waals surface area contributed by atoms with Crippen LogP contribution in [0, 0.1) is 5.92 Å². The Labute approximate surface area is 232 Å². The topological polar surface area (TPSA) is 151 Å². The quantitative estimate of drug-likeness (QED) is 0.327. The second kappa shape index (κ2) is 13.3. The van der Waals surface area contributed by atoms with Crippen molar-refractivity contribution in [3.63, 3.8) is 0 Å². The largest absolute Gasteiger partial charge is 0.416 e. The summed E-state index contributed by atoms with van der Waals surface area (Å²) in [4.78, 5) is 39.5. The third-order valence-electron chi connectivity index (χ3n) is 7.74. The molecule has 0 bridgehead atoms. The first kappa shape index (κ1) is 31.8. The van der Waals surface area contributed by atoms with Gasteiger partial charge < -0.3 is 21.3 Å². The minimum absolute atomic E-state index is 0.0164. The standard InChI is InChI=1S/C26H38F3N5O5S/c1-16(31-2)25(37)34-12-11-19(33-40(38,39)20-10-6-9-18(14-20)26(27,28)29)15-22(34)24(36)32-21(23(30)35)13-17-7-4-3-5-8-17/h6,9-10,14,16-17,19,21-22,31,33H,3-5,7-8,11-13,15H2,1-2H3,(H2,30,35)(H,32,36)/t16-,19-,21-,22-/m0/s1. The number of sulfonamides is 1. The maximum atomic E-state index is 13.5. The van der Waals surface area contributed by atoms with Crippen molar-refractivity contribution in [2.75, 3.05) is 13.6 Å². The lowest BCUT2D eigenvalue weighted by molar-refractivity contribution is -0.144. The maximum absolute atomic E-state index is 13.5. The van der Waals surface area contributed by atoms with E-state index < -0.39 is 62.6 Å². The molecule has 0 radical (unpaired) electrons. The number of likely N-dealkylation sites (tertiary alicyclic amines) is 1. The van der Waals surface area contributed by atoms with Crippen LogP contribution in [0.3, 0.4) is 0 Å². The SMILES string of the molecule is CN[C@@H](C)C(=O)N1CC[C@H](NS(=O)(=O)c2cccc(C(F)(F)F)c2)C[C@H]1C(=O)N[C@@H](CC1CCCCC1)C(N)=O. The molecule has 5 N–H and O–H groups in total. The molecular formula is C26H38F3N5O5S. The Morgan fingerprint density at radius 3 is 2.40 bits per heavy atom. The predicted molar refractivity (Wildman–Crippen MR) is 141 cm³/mol. The van der Waals surface area contributed by atoms with Gasteiger partial charge in [0.25, 0.3) is 0 Å². The average molecular weight is 590 g/mol. The van der Waals surface area contributed by atoms with Crippen molar-refractivity contribution in [2.24, 2.45) is 11.7 Å². The van der Waals surface area contributed by atoms with Crippen LogP contribution in [-0.4, -0.2) is 68.8 Å². The zero-order valence-electron chi connectivity index (χ0n) is 22.7. The van der Waals surface area contributed by atoms with Crippen LogP contribution in [0.4, 0.5) is 13.2 Å². The number of likely N-dealkylation sites (N-methyl/N-ethyl adjacent to an activating group) is 1. The highest BCUT2D eigenvalue weighted by molar-refractivity contribution is 7.89. The number of hydrogen-bond acceptors (Lipinski definition) is 6. The fraction of sp³-hybridized carbons (Fsp3) is 0.654. The molecule has 2 aliphatic rings.